The topological polar surface area (TPSA) is 73.3 Å². The van der Waals surface area contributed by atoms with E-state index in [0.29, 0.717) is 23.8 Å². The van der Waals surface area contributed by atoms with Gasteiger partial charge >= 0.3 is 5.69 Å². The predicted octanol–water partition coefficient (Wildman–Crippen LogP) is 3.58. The quantitative estimate of drug-likeness (QED) is 0.462. The molecule has 3 aromatic rings. The molecule has 0 saturated carbocycles. The van der Waals surface area contributed by atoms with E-state index in [-0.39, 0.29) is 18.2 Å². The van der Waals surface area contributed by atoms with Crippen molar-refractivity contribution >= 4 is 22.5 Å². The SMILES string of the molecule is COCCOCn1c(Sc2cccc3ccccc23)c(C(C)C)c(=O)[nH]c1=O. The lowest BCUT2D eigenvalue weighted by molar-refractivity contribution is 0.0281. The summed E-state index contributed by atoms with van der Waals surface area (Å²) in [6, 6.07) is 14.1. The van der Waals surface area contributed by atoms with Crippen LogP contribution in [0.4, 0.5) is 0 Å². The van der Waals surface area contributed by atoms with Crippen LogP contribution in [-0.4, -0.2) is 29.9 Å². The molecule has 7 heteroatoms. The van der Waals surface area contributed by atoms with E-state index >= 15 is 0 Å². The van der Waals surface area contributed by atoms with Crippen LogP contribution in [0, 0.1) is 0 Å². The first kappa shape index (κ1) is 20.4. The Balaban J connectivity index is 2.11. The van der Waals surface area contributed by atoms with Crippen LogP contribution in [0.2, 0.25) is 0 Å². The number of H-pyrrole nitrogens is 1. The molecule has 0 aliphatic rings. The molecule has 3 rings (SSSR count). The Bertz CT molecular complexity index is 1070. The van der Waals surface area contributed by atoms with Gasteiger partial charge < -0.3 is 9.47 Å². The lowest BCUT2D eigenvalue weighted by atomic mass is 10.1. The third-order valence-corrected chi connectivity index (χ3v) is 5.58. The monoisotopic (exact) mass is 400 g/mol. The highest BCUT2D eigenvalue weighted by Gasteiger charge is 2.19. The van der Waals surface area contributed by atoms with Gasteiger partial charge in [-0.25, -0.2) is 4.79 Å². The molecule has 0 atom stereocenters. The Morgan fingerprint density at radius 3 is 2.57 bits per heavy atom. The molecule has 1 N–H and O–H groups in total. The van der Waals surface area contributed by atoms with Crippen molar-refractivity contribution in [2.75, 3.05) is 20.3 Å². The Labute approximate surface area is 167 Å². The number of nitrogens with one attached hydrogen (secondary N) is 1. The van der Waals surface area contributed by atoms with E-state index in [1.165, 1.54) is 16.3 Å². The summed E-state index contributed by atoms with van der Waals surface area (Å²) in [5.74, 6) is -0.0490. The minimum atomic E-state index is -0.477. The van der Waals surface area contributed by atoms with Crippen molar-refractivity contribution in [2.24, 2.45) is 0 Å². The number of fused-ring (bicyclic) bond motifs is 1. The van der Waals surface area contributed by atoms with Gasteiger partial charge in [0.15, 0.2) is 0 Å². The molecule has 0 bridgehead atoms. The van der Waals surface area contributed by atoms with E-state index in [9.17, 15) is 9.59 Å². The van der Waals surface area contributed by atoms with Crippen LogP contribution in [-0.2, 0) is 16.2 Å². The smallest absolute Gasteiger partial charge is 0.331 e. The largest absolute Gasteiger partial charge is 0.382 e. The van der Waals surface area contributed by atoms with Crippen molar-refractivity contribution in [1.29, 1.82) is 0 Å². The maximum absolute atomic E-state index is 12.5. The van der Waals surface area contributed by atoms with Gasteiger partial charge in [0.05, 0.1) is 23.8 Å². The first-order valence-electron chi connectivity index (χ1n) is 9.12. The van der Waals surface area contributed by atoms with Gasteiger partial charge in [-0.3, -0.25) is 14.3 Å². The van der Waals surface area contributed by atoms with Crippen molar-refractivity contribution in [2.45, 2.75) is 36.4 Å². The molecular formula is C21H24N2O4S. The summed E-state index contributed by atoms with van der Waals surface area (Å²) in [6.07, 6.45) is 0. The summed E-state index contributed by atoms with van der Waals surface area (Å²) >= 11 is 1.42. The number of hydrogen-bond donors (Lipinski definition) is 1. The van der Waals surface area contributed by atoms with Crippen molar-refractivity contribution < 1.29 is 9.47 Å². The highest BCUT2D eigenvalue weighted by atomic mass is 32.2. The lowest BCUT2D eigenvalue weighted by Gasteiger charge is -2.18. The zero-order chi connectivity index (χ0) is 20.1. The molecule has 0 spiro atoms. The number of hydrogen-bond acceptors (Lipinski definition) is 5. The first-order valence-corrected chi connectivity index (χ1v) is 9.94. The molecule has 28 heavy (non-hydrogen) atoms. The molecule has 2 aromatic carbocycles. The lowest BCUT2D eigenvalue weighted by Crippen LogP contribution is -2.35. The van der Waals surface area contributed by atoms with Gasteiger partial charge in [-0.2, -0.15) is 0 Å². The molecule has 0 amide bonds. The summed E-state index contributed by atoms with van der Waals surface area (Å²) in [5, 5.41) is 2.79. The van der Waals surface area contributed by atoms with Gasteiger partial charge in [0, 0.05) is 12.0 Å². The Hall–Kier alpha value is -2.35. The van der Waals surface area contributed by atoms with Crippen molar-refractivity contribution in [3.8, 4) is 0 Å². The minimum Gasteiger partial charge on any atom is -0.382 e. The number of aromatic amines is 1. The second-order valence-corrected chi connectivity index (χ2v) is 7.70. The van der Waals surface area contributed by atoms with E-state index in [0.717, 1.165) is 15.7 Å². The van der Waals surface area contributed by atoms with Gasteiger partial charge in [0.25, 0.3) is 5.56 Å². The molecule has 0 aliphatic carbocycles. The Kier molecular flexibility index (Phi) is 6.72. The van der Waals surface area contributed by atoms with Crippen molar-refractivity contribution in [1.82, 2.24) is 9.55 Å². The van der Waals surface area contributed by atoms with E-state index in [4.69, 9.17) is 9.47 Å². The summed E-state index contributed by atoms with van der Waals surface area (Å²) in [4.78, 5) is 28.5. The third-order valence-electron chi connectivity index (χ3n) is 4.37. The van der Waals surface area contributed by atoms with Gasteiger partial charge in [0.1, 0.15) is 6.73 Å². The second kappa shape index (κ2) is 9.23. The molecule has 1 aromatic heterocycles. The van der Waals surface area contributed by atoms with Gasteiger partial charge in [-0.1, -0.05) is 62.0 Å². The molecule has 0 radical (unpaired) electrons. The average molecular weight is 401 g/mol. The highest BCUT2D eigenvalue weighted by Crippen LogP contribution is 2.35. The van der Waals surface area contributed by atoms with Gasteiger partial charge in [-0.05, 0) is 22.8 Å². The Morgan fingerprint density at radius 2 is 1.82 bits per heavy atom. The summed E-state index contributed by atoms with van der Waals surface area (Å²) in [7, 11) is 1.59. The number of benzene rings is 2. The predicted molar refractivity (Wildman–Crippen MR) is 111 cm³/mol. The normalized spacial score (nSPS) is 11.4. The van der Waals surface area contributed by atoms with Crippen molar-refractivity contribution in [3.05, 3.63) is 68.9 Å². The van der Waals surface area contributed by atoms with Gasteiger partial charge in [0.2, 0.25) is 0 Å². The van der Waals surface area contributed by atoms with Gasteiger partial charge in [-0.15, -0.1) is 0 Å². The number of methoxy groups -OCH3 is 1. The molecule has 0 aliphatic heterocycles. The van der Waals surface area contributed by atoms with Crippen molar-refractivity contribution in [3.63, 3.8) is 0 Å². The summed E-state index contributed by atoms with van der Waals surface area (Å²) in [6.45, 7) is 4.72. The second-order valence-electron chi connectivity index (χ2n) is 6.67. The molecule has 0 saturated heterocycles. The maximum Gasteiger partial charge on any atom is 0.331 e. The maximum atomic E-state index is 12.5. The van der Waals surface area contributed by atoms with Crippen LogP contribution in [0.3, 0.4) is 0 Å². The fourth-order valence-electron chi connectivity index (χ4n) is 2.99. The molecule has 1 heterocycles. The minimum absolute atomic E-state index is 0.0474. The van der Waals surface area contributed by atoms with Crippen LogP contribution in [0.15, 0.2) is 62.0 Å². The van der Waals surface area contributed by atoms with E-state index in [2.05, 4.69) is 4.98 Å². The average Bonchev–Trinajstić information content (AvgIpc) is 2.67. The van der Waals surface area contributed by atoms with Crippen LogP contribution in [0.25, 0.3) is 10.8 Å². The third kappa shape index (κ3) is 4.38. The number of rotatable bonds is 8. The molecule has 0 unspecified atom stereocenters. The number of ether oxygens (including phenoxy) is 2. The molecular weight excluding hydrogens is 376 g/mol. The zero-order valence-corrected chi connectivity index (χ0v) is 17.0. The molecule has 6 nitrogen and oxygen atoms in total. The highest BCUT2D eigenvalue weighted by molar-refractivity contribution is 7.99. The standard InChI is InChI=1S/C21H24N2O4S/c1-14(2)18-19(24)22-21(25)23(13-27-12-11-26-3)20(18)28-17-10-6-8-15-7-4-5-9-16(15)17/h4-10,14H,11-13H2,1-3H3,(H,22,24,25). The zero-order valence-electron chi connectivity index (χ0n) is 16.2. The van der Waals surface area contributed by atoms with Crippen LogP contribution < -0.4 is 11.2 Å². The summed E-state index contributed by atoms with van der Waals surface area (Å²) in [5.41, 5.74) is -0.252. The van der Waals surface area contributed by atoms with E-state index < -0.39 is 5.69 Å². The number of aromatic nitrogens is 2. The molecule has 0 fully saturated rings. The molecule has 148 valence electrons. The fraction of sp³-hybridized carbons (Fsp3) is 0.333. The fourth-order valence-corrected chi connectivity index (χ4v) is 4.33. The van der Waals surface area contributed by atoms with Crippen LogP contribution in [0.1, 0.15) is 25.3 Å². The number of nitrogens with zero attached hydrogens (tertiary/aromatic N) is 1. The van der Waals surface area contributed by atoms with E-state index in [1.807, 2.05) is 56.3 Å². The summed E-state index contributed by atoms with van der Waals surface area (Å²) < 4.78 is 12.1. The van der Waals surface area contributed by atoms with E-state index in [1.54, 1.807) is 7.11 Å². The Morgan fingerprint density at radius 1 is 1.07 bits per heavy atom. The van der Waals surface area contributed by atoms with Crippen LogP contribution in [0.5, 0.6) is 0 Å². The first-order chi connectivity index (χ1) is 13.5. The van der Waals surface area contributed by atoms with Crippen LogP contribution >= 0.6 is 11.8 Å².